The zero-order valence-electron chi connectivity index (χ0n) is 55.6. The van der Waals surface area contributed by atoms with Crippen molar-refractivity contribution in [1.29, 1.82) is 0 Å². The first kappa shape index (κ1) is 80.9. The number of ether oxygens (including phenoxy) is 3. The van der Waals surface area contributed by atoms with Gasteiger partial charge in [-0.15, -0.1) is 0 Å². The summed E-state index contributed by atoms with van der Waals surface area (Å²) in [6.45, 7) is 4.38. The molecule has 0 saturated carbocycles. The molecule has 1 saturated heterocycles. The Hall–Kier alpha value is -2.12. The molecule has 0 aromatic heterocycles. The van der Waals surface area contributed by atoms with Crippen LogP contribution in [0.25, 0.3) is 0 Å². The molecule has 7 atom stereocenters. The topological polar surface area (TPSA) is 175 Å². The van der Waals surface area contributed by atoms with Crippen molar-refractivity contribution < 1.29 is 49.3 Å². The van der Waals surface area contributed by atoms with Gasteiger partial charge in [0.1, 0.15) is 24.4 Å². The SMILES string of the molecule is CCCCCCCCCCCCCCC/C=C/C(O)C(COC1OC(CO)C(O)C(O)C1O)NC(=O)CCCCCCCCCCCCCCCCC/C=C\C/C=C\CCCCCCCCCCCOC(=O)CCCCCCCCCCCCC. The van der Waals surface area contributed by atoms with E-state index in [-0.39, 0.29) is 18.5 Å². The Balaban J connectivity index is 1.99. The molecule has 1 aliphatic heterocycles. The highest BCUT2D eigenvalue weighted by molar-refractivity contribution is 5.76. The highest BCUT2D eigenvalue weighted by Crippen LogP contribution is 2.23. The van der Waals surface area contributed by atoms with Crippen LogP contribution in [0.2, 0.25) is 0 Å². The number of carbonyl (C=O) groups excluding carboxylic acids is 2. The van der Waals surface area contributed by atoms with Crippen molar-refractivity contribution in [3.8, 4) is 0 Å². The van der Waals surface area contributed by atoms with Gasteiger partial charge in [0.2, 0.25) is 5.91 Å². The average Bonchev–Trinajstić information content (AvgIpc) is 3.40. The molecule has 11 nitrogen and oxygen atoms in total. The number of hydrogen-bond donors (Lipinski definition) is 6. The van der Waals surface area contributed by atoms with Gasteiger partial charge in [-0.05, 0) is 64.2 Å². The van der Waals surface area contributed by atoms with Crippen LogP contribution in [0, 0.1) is 0 Å². The van der Waals surface area contributed by atoms with Gasteiger partial charge in [-0.1, -0.05) is 320 Å². The smallest absolute Gasteiger partial charge is 0.305 e. The number of esters is 1. The van der Waals surface area contributed by atoms with Gasteiger partial charge in [-0.2, -0.15) is 0 Å². The normalized spacial score (nSPS) is 18.1. The lowest BCUT2D eigenvalue weighted by Crippen LogP contribution is -2.60. The number of hydrogen-bond acceptors (Lipinski definition) is 10. The maximum atomic E-state index is 13.1. The van der Waals surface area contributed by atoms with E-state index >= 15 is 0 Å². The van der Waals surface area contributed by atoms with E-state index in [1.165, 1.54) is 270 Å². The molecule has 7 unspecified atom stereocenters. The number of rotatable bonds is 65. The second-order valence-corrected chi connectivity index (χ2v) is 25.7. The molecule has 0 spiro atoms. The van der Waals surface area contributed by atoms with E-state index in [9.17, 15) is 35.1 Å². The fourth-order valence-corrected chi connectivity index (χ4v) is 11.7. The van der Waals surface area contributed by atoms with E-state index in [0.717, 1.165) is 64.2 Å². The lowest BCUT2D eigenvalue weighted by atomic mass is 9.99. The van der Waals surface area contributed by atoms with Gasteiger partial charge in [-0.25, -0.2) is 0 Å². The molecule has 0 aromatic carbocycles. The van der Waals surface area contributed by atoms with Crippen molar-refractivity contribution in [2.24, 2.45) is 0 Å². The van der Waals surface area contributed by atoms with E-state index in [2.05, 4.69) is 43.5 Å². The molecule has 1 aliphatic rings. The number of amides is 1. The summed E-state index contributed by atoms with van der Waals surface area (Å²) in [7, 11) is 0. The van der Waals surface area contributed by atoms with Crippen LogP contribution >= 0.6 is 0 Å². The monoisotopic (exact) mass is 1200 g/mol. The molecule has 0 bridgehead atoms. The number of aliphatic hydroxyl groups is 5. The first-order valence-corrected chi connectivity index (χ1v) is 36.8. The molecule has 500 valence electrons. The Kier molecular flexibility index (Phi) is 60.4. The van der Waals surface area contributed by atoms with Crippen molar-refractivity contribution >= 4 is 11.9 Å². The Bertz CT molecular complexity index is 1510. The molecule has 6 N–H and O–H groups in total. The minimum Gasteiger partial charge on any atom is -0.466 e. The summed E-state index contributed by atoms with van der Waals surface area (Å²) in [5.41, 5.74) is 0. The fraction of sp³-hybridized carbons (Fsp3) is 0.892. The summed E-state index contributed by atoms with van der Waals surface area (Å²) in [5, 5.41) is 54.6. The summed E-state index contributed by atoms with van der Waals surface area (Å²) in [5.74, 6) is -0.173. The summed E-state index contributed by atoms with van der Waals surface area (Å²) >= 11 is 0. The van der Waals surface area contributed by atoms with Gasteiger partial charge in [0, 0.05) is 12.8 Å². The summed E-state index contributed by atoms with van der Waals surface area (Å²) in [6.07, 6.45) is 71.3. The minimum absolute atomic E-state index is 0.00534. The Morgan fingerprint density at radius 3 is 1.19 bits per heavy atom. The summed E-state index contributed by atoms with van der Waals surface area (Å²) in [6, 6.07) is -0.810. The van der Waals surface area contributed by atoms with E-state index in [1.54, 1.807) is 6.08 Å². The fourth-order valence-electron chi connectivity index (χ4n) is 11.7. The molecule has 1 amide bonds. The second-order valence-electron chi connectivity index (χ2n) is 25.7. The van der Waals surface area contributed by atoms with Crippen LogP contribution in [0.3, 0.4) is 0 Å². The first-order valence-electron chi connectivity index (χ1n) is 36.8. The number of aliphatic hydroxyl groups excluding tert-OH is 5. The third kappa shape index (κ3) is 52.4. The van der Waals surface area contributed by atoms with E-state index in [1.807, 2.05) is 6.08 Å². The lowest BCUT2D eigenvalue weighted by Gasteiger charge is -2.40. The maximum absolute atomic E-state index is 13.1. The van der Waals surface area contributed by atoms with Crippen LogP contribution in [-0.2, 0) is 23.8 Å². The molecule has 1 rings (SSSR count). The zero-order valence-corrected chi connectivity index (χ0v) is 55.6. The molecule has 0 aromatic rings. The van der Waals surface area contributed by atoms with Gasteiger partial charge >= 0.3 is 5.97 Å². The Labute approximate surface area is 523 Å². The maximum Gasteiger partial charge on any atom is 0.305 e. The van der Waals surface area contributed by atoms with Gasteiger partial charge in [0.25, 0.3) is 0 Å². The van der Waals surface area contributed by atoms with Crippen LogP contribution in [0.15, 0.2) is 36.5 Å². The van der Waals surface area contributed by atoms with Crippen LogP contribution in [-0.4, -0.2) is 100 Å². The Morgan fingerprint density at radius 2 is 0.788 bits per heavy atom. The van der Waals surface area contributed by atoms with Crippen molar-refractivity contribution in [2.45, 2.75) is 403 Å². The van der Waals surface area contributed by atoms with Gasteiger partial charge in [0.05, 0.1) is 32.0 Å². The minimum atomic E-state index is -1.57. The first-order chi connectivity index (χ1) is 41.7. The van der Waals surface area contributed by atoms with Gasteiger partial charge in [0.15, 0.2) is 6.29 Å². The number of carbonyl (C=O) groups is 2. The molecule has 1 heterocycles. The molecular weight excluding hydrogens is 1060 g/mol. The predicted octanol–water partition coefficient (Wildman–Crippen LogP) is 19.0. The van der Waals surface area contributed by atoms with Crippen LogP contribution in [0.4, 0.5) is 0 Å². The molecule has 0 radical (unpaired) electrons. The van der Waals surface area contributed by atoms with Crippen molar-refractivity contribution in [3.05, 3.63) is 36.5 Å². The van der Waals surface area contributed by atoms with Gasteiger partial charge < -0.3 is 45.1 Å². The number of unbranched alkanes of at least 4 members (excludes halogenated alkanes) is 47. The van der Waals surface area contributed by atoms with Crippen LogP contribution < -0.4 is 5.32 Å². The standard InChI is InChI=1S/C74H139NO10/c1-3-5-7-9-11-13-15-16-34-37-41-44-48-52-56-60-67(77)66(65-84-74-73(82)72(81)71(80)68(64-76)85-74)75-69(78)61-57-53-49-45-42-38-35-32-30-28-26-24-22-20-18-17-19-21-23-25-27-29-31-33-36-39-43-47-51-55-59-63-83-70(79)62-58-54-50-46-40-14-12-10-8-6-4-2/h19,21,25,27,56,60,66-68,71-74,76-77,80-82H,3-18,20,22-24,26,28-55,57-59,61-65H2,1-2H3,(H,75,78)/b21-19-,27-25-,60-56+. The van der Waals surface area contributed by atoms with Crippen LogP contribution in [0.1, 0.15) is 361 Å². The van der Waals surface area contributed by atoms with E-state index in [4.69, 9.17) is 14.2 Å². The van der Waals surface area contributed by atoms with Crippen molar-refractivity contribution in [2.75, 3.05) is 19.8 Å². The number of allylic oxidation sites excluding steroid dienone is 5. The average molecular weight is 1200 g/mol. The molecule has 11 heteroatoms. The van der Waals surface area contributed by atoms with E-state index in [0.29, 0.717) is 19.4 Å². The third-order valence-corrected chi connectivity index (χ3v) is 17.5. The summed E-state index contributed by atoms with van der Waals surface area (Å²) < 4.78 is 16.8. The predicted molar refractivity (Wildman–Crippen MR) is 357 cm³/mol. The third-order valence-electron chi connectivity index (χ3n) is 17.5. The lowest BCUT2D eigenvalue weighted by molar-refractivity contribution is -0.302. The highest BCUT2D eigenvalue weighted by atomic mass is 16.7. The van der Waals surface area contributed by atoms with Crippen molar-refractivity contribution in [1.82, 2.24) is 5.32 Å². The Morgan fingerprint density at radius 1 is 0.435 bits per heavy atom. The van der Waals surface area contributed by atoms with E-state index < -0.39 is 49.5 Å². The second kappa shape index (κ2) is 63.4. The highest BCUT2D eigenvalue weighted by Gasteiger charge is 2.44. The van der Waals surface area contributed by atoms with Crippen molar-refractivity contribution in [3.63, 3.8) is 0 Å². The zero-order chi connectivity index (χ0) is 61.6. The quantitative estimate of drug-likeness (QED) is 0.0195. The van der Waals surface area contributed by atoms with Crippen LogP contribution in [0.5, 0.6) is 0 Å². The molecule has 0 aliphatic carbocycles. The molecule has 1 fully saturated rings. The molecular formula is C74H139NO10. The largest absolute Gasteiger partial charge is 0.466 e. The number of nitrogens with one attached hydrogen (secondary N) is 1. The summed E-state index contributed by atoms with van der Waals surface area (Å²) in [4.78, 5) is 25.1. The molecule has 85 heavy (non-hydrogen) atoms. The van der Waals surface area contributed by atoms with Gasteiger partial charge in [-0.3, -0.25) is 9.59 Å².